The zero-order chi connectivity index (χ0) is 16.4. The molecule has 0 saturated heterocycles. The van der Waals surface area contributed by atoms with E-state index >= 15 is 0 Å². The molecule has 1 heteroatoms. The molecule has 1 aliphatic heterocycles. The van der Waals surface area contributed by atoms with Gasteiger partial charge in [0.1, 0.15) is 0 Å². The molecule has 0 spiro atoms. The number of fused-ring (bicyclic) bond motifs is 1. The molecule has 0 aliphatic carbocycles. The third kappa shape index (κ3) is 2.97. The van der Waals surface area contributed by atoms with Gasteiger partial charge in [0, 0.05) is 22.1 Å². The molecule has 3 rings (SSSR count). The van der Waals surface area contributed by atoms with E-state index in [1.54, 1.807) is 0 Å². The van der Waals surface area contributed by atoms with Gasteiger partial charge in [0.05, 0.1) is 11.4 Å². The summed E-state index contributed by atoms with van der Waals surface area (Å²) in [5, 5.41) is 2.20. The van der Waals surface area contributed by atoms with Gasteiger partial charge < -0.3 is 0 Å². The average molecular weight is 299 g/mol. The summed E-state index contributed by atoms with van der Waals surface area (Å²) in [6, 6.07) is 14.7. The normalized spacial score (nSPS) is 13.0. The third-order valence-electron chi connectivity index (χ3n) is 4.21. The van der Waals surface area contributed by atoms with E-state index < -0.39 is 0 Å². The molecule has 23 heavy (non-hydrogen) atoms. The number of aliphatic imine (C=N–C) groups is 1. The van der Waals surface area contributed by atoms with Crippen LogP contribution < -0.4 is 10.4 Å². The lowest BCUT2D eigenvalue weighted by Gasteiger charge is -2.08. The predicted octanol–water partition coefficient (Wildman–Crippen LogP) is 3.82. The fourth-order valence-electron chi connectivity index (χ4n) is 2.78. The molecule has 1 nitrogen and oxygen atoms in total. The first-order valence-electron chi connectivity index (χ1n) is 8.00. The van der Waals surface area contributed by atoms with Gasteiger partial charge >= 0.3 is 0 Å². The van der Waals surface area contributed by atoms with Crippen molar-refractivity contribution in [2.75, 3.05) is 0 Å². The third-order valence-corrected chi connectivity index (χ3v) is 4.21. The highest BCUT2D eigenvalue weighted by atomic mass is 14.8. The molecule has 0 N–H and O–H groups in total. The molecule has 0 amide bonds. The first kappa shape index (κ1) is 15.3. The monoisotopic (exact) mass is 299 g/mol. The summed E-state index contributed by atoms with van der Waals surface area (Å²) >= 11 is 0. The molecule has 114 valence electrons. The van der Waals surface area contributed by atoms with Crippen molar-refractivity contribution in [2.45, 2.75) is 27.2 Å². The Morgan fingerprint density at radius 2 is 1.91 bits per heavy atom. The van der Waals surface area contributed by atoms with E-state index in [1.165, 1.54) is 11.1 Å². The quantitative estimate of drug-likeness (QED) is 0.817. The molecule has 2 aromatic carbocycles. The summed E-state index contributed by atoms with van der Waals surface area (Å²) in [5.74, 6) is 0. The van der Waals surface area contributed by atoms with Crippen molar-refractivity contribution in [3.05, 3.63) is 87.8 Å². The molecular formula is C22H21N. The van der Waals surface area contributed by atoms with Gasteiger partial charge in [-0.3, -0.25) is 0 Å². The van der Waals surface area contributed by atoms with Crippen molar-refractivity contribution in [2.24, 2.45) is 4.99 Å². The molecule has 1 aliphatic rings. The second kappa shape index (κ2) is 6.24. The van der Waals surface area contributed by atoms with Crippen LogP contribution in [0.25, 0.3) is 11.4 Å². The maximum Gasteiger partial charge on any atom is 0.0789 e. The Bertz CT molecular complexity index is 967. The predicted molar refractivity (Wildman–Crippen MR) is 99.0 cm³/mol. The van der Waals surface area contributed by atoms with Gasteiger partial charge in [-0.05, 0) is 43.0 Å². The van der Waals surface area contributed by atoms with E-state index in [4.69, 9.17) is 4.99 Å². The Labute approximate surface area is 137 Å². The molecular weight excluding hydrogens is 278 g/mol. The summed E-state index contributed by atoms with van der Waals surface area (Å²) < 4.78 is 0. The van der Waals surface area contributed by atoms with E-state index in [-0.39, 0.29) is 0 Å². The van der Waals surface area contributed by atoms with Crippen LogP contribution in [0.2, 0.25) is 0 Å². The lowest BCUT2D eigenvalue weighted by Crippen LogP contribution is -2.26. The smallest absolute Gasteiger partial charge is 0.0789 e. The number of nitrogens with zero attached hydrogens (tertiary/aromatic N) is 1. The molecule has 0 unspecified atom stereocenters. The van der Waals surface area contributed by atoms with E-state index in [1.807, 2.05) is 6.08 Å². The average Bonchev–Trinajstić information content (AvgIpc) is 2.74. The van der Waals surface area contributed by atoms with Crippen LogP contribution >= 0.6 is 0 Å². The van der Waals surface area contributed by atoms with Crippen LogP contribution in [-0.4, -0.2) is 5.71 Å². The highest BCUT2D eigenvalue weighted by Crippen LogP contribution is 2.18. The standard InChI is InChI=1S/C22H21N/c1-5-16(3)22-20-12-10-15(2)14-18(20)11-13-21(23-22)19-9-7-6-8-17(19)4/h6-10,12-14H,3,5H2,1-2,4H3. The molecule has 0 aromatic heterocycles. The van der Waals surface area contributed by atoms with Gasteiger partial charge in [-0.15, -0.1) is 5.73 Å². The van der Waals surface area contributed by atoms with Crippen molar-refractivity contribution in [1.82, 2.24) is 0 Å². The Morgan fingerprint density at radius 1 is 1.13 bits per heavy atom. The second-order valence-corrected chi connectivity index (χ2v) is 5.96. The Morgan fingerprint density at radius 3 is 2.65 bits per heavy atom. The molecule has 0 bridgehead atoms. The topological polar surface area (TPSA) is 12.4 Å². The van der Waals surface area contributed by atoms with Gasteiger partial charge in [-0.2, -0.15) is 0 Å². The maximum atomic E-state index is 4.96. The molecule has 2 aromatic rings. The number of allylic oxidation sites excluding steroid dienone is 1. The number of aryl methyl sites for hydroxylation is 2. The minimum absolute atomic E-state index is 0.882. The zero-order valence-electron chi connectivity index (χ0n) is 14.0. The fourth-order valence-corrected chi connectivity index (χ4v) is 2.78. The van der Waals surface area contributed by atoms with E-state index in [0.717, 1.165) is 39.4 Å². The highest BCUT2D eigenvalue weighted by Gasteiger charge is 2.10. The molecule has 0 fully saturated rings. The van der Waals surface area contributed by atoms with Gasteiger partial charge in [0.2, 0.25) is 0 Å². The van der Waals surface area contributed by atoms with E-state index in [0.29, 0.717) is 0 Å². The molecule has 0 saturated carbocycles. The SMILES string of the molecule is C=C(CC)C1=c2ccc(C)cc2=C=CC(c2ccccc2C)=N1. The van der Waals surface area contributed by atoms with Gasteiger partial charge in [0.15, 0.2) is 0 Å². The summed E-state index contributed by atoms with van der Waals surface area (Å²) in [5.41, 5.74) is 9.99. The Hall–Kier alpha value is -2.63. The summed E-state index contributed by atoms with van der Waals surface area (Å²) in [4.78, 5) is 4.96. The van der Waals surface area contributed by atoms with Crippen molar-refractivity contribution in [1.29, 1.82) is 0 Å². The van der Waals surface area contributed by atoms with E-state index in [9.17, 15) is 0 Å². The Balaban J connectivity index is 2.36. The summed E-state index contributed by atoms with van der Waals surface area (Å²) in [7, 11) is 0. The number of rotatable bonds is 3. The van der Waals surface area contributed by atoms with Crippen LogP contribution in [0.4, 0.5) is 0 Å². The van der Waals surface area contributed by atoms with Crippen LogP contribution in [0.3, 0.4) is 0 Å². The first-order valence-corrected chi connectivity index (χ1v) is 8.00. The zero-order valence-corrected chi connectivity index (χ0v) is 14.0. The molecule has 0 atom stereocenters. The Kier molecular flexibility index (Phi) is 4.14. The van der Waals surface area contributed by atoms with E-state index in [2.05, 4.69) is 75.5 Å². The number of hydrogen-bond acceptors (Lipinski definition) is 1. The lowest BCUT2D eigenvalue weighted by molar-refractivity contribution is 1.15. The van der Waals surface area contributed by atoms with Gasteiger partial charge in [-0.1, -0.05) is 49.9 Å². The van der Waals surface area contributed by atoms with Crippen LogP contribution in [0.5, 0.6) is 0 Å². The van der Waals surface area contributed by atoms with Crippen LogP contribution in [0.1, 0.15) is 30.0 Å². The van der Waals surface area contributed by atoms with Crippen molar-refractivity contribution in [3.8, 4) is 0 Å². The van der Waals surface area contributed by atoms with Gasteiger partial charge in [-0.25, -0.2) is 4.99 Å². The van der Waals surface area contributed by atoms with Gasteiger partial charge in [0.25, 0.3) is 0 Å². The number of hydrogen-bond donors (Lipinski definition) is 0. The largest absolute Gasteiger partial charge is 0.247 e. The molecule has 1 heterocycles. The highest BCUT2D eigenvalue weighted by molar-refractivity contribution is 6.13. The minimum Gasteiger partial charge on any atom is -0.247 e. The first-order chi connectivity index (χ1) is 11.1. The second-order valence-electron chi connectivity index (χ2n) is 5.96. The number of benzene rings is 2. The lowest BCUT2D eigenvalue weighted by atomic mass is 10.0. The van der Waals surface area contributed by atoms with Crippen LogP contribution in [0, 0.1) is 13.8 Å². The van der Waals surface area contributed by atoms with Crippen LogP contribution in [0.15, 0.2) is 65.7 Å². The van der Waals surface area contributed by atoms with Crippen molar-refractivity contribution in [3.63, 3.8) is 0 Å². The maximum absolute atomic E-state index is 4.96. The fraction of sp³-hybridized carbons (Fsp3) is 0.182. The molecule has 0 radical (unpaired) electrons. The minimum atomic E-state index is 0.882. The summed E-state index contributed by atoms with van der Waals surface area (Å²) in [6.07, 6.45) is 2.88. The van der Waals surface area contributed by atoms with Crippen molar-refractivity contribution < 1.29 is 0 Å². The summed E-state index contributed by atoms with van der Waals surface area (Å²) in [6.45, 7) is 10.6. The van der Waals surface area contributed by atoms with Crippen LogP contribution in [-0.2, 0) is 0 Å². The van der Waals surface area contributed by atoms with Crippen molar-refractivity contribution >= 4 is 17.1 Å².